The van der Waals surface area contributed by atoms with E-state index < -0.39 is 0 Å². The van der Waals surface area contributed by atoms with Crippen molar-refractivity contribution in [2.24, 2.45) is 0 Å². The van der Waals surface area contributed by atoms with Gasteiger partial charge in [0, 0.05) is 104 Å². The van der Waals surface area contributed by atoms with Crippen LogP contribution in [-0.2, 0) is 58.9 Å². The fourth-order valence-electron chi connectivity index (χ4n) is 0. The van der Waals surface area contributed by atoms with Crippen molar-refractivity contribution in [2.75, 3.05) is 0 Å². The number of rotatable bonds is 0. The average molecular weight is 286 g/mol. The summed E-state index contributed by atoms with van der Waals surface area (Å²) in [5, 5.41) is 0. The van der Waals surface area contributed by atoms with Crippen molar-refractivity contribution in [1.82, 2.24) is 0 Å². The Balaban J connectivity index is 0. The van der Waals surface area contributed by atoms with Gasteiger partial charge in [-0.2, -0.15) is 0 Å². The fraction of sp³-hybridized carbons (Fsp3) is 0. The van der Waals surface area contributed by atoms with Crippen molar-refractivity contribution in [3.63, 3.8) is 0 Å². The summed E-state index contributed by atoms with van der Waals surface area (Å²) in [6.07, 6.45) is 0. The summed E-state index contributed by atoms with van der Waals surface area (Å²) >= 11 is 0. The van der Waals surface area contributed by atoms with Gasteiger partial charge in [0.2, 0.25) is 0 Å². The summed E-state index contributed by atoms with van der Waals surface area (Å²) in [6, 6.07) is 0. The molecule has 0 amide bonds. The Morgan fingerprint density at radius 1 is 1.00 bits per heavy atom. The standard InChI is InChI=1S/H2O.Sr.Y.Zr/h1H2;;;. The van der Waals surface area contributed by atoms with Gasteiger partial charge in [-0.3, -0.25) is 0 Å². The molecule has 0 fully saturated rings. The second-order valence-corrected chi connectivity index (χ2v) is 0. The fourth-order valence-corrected chi connectivity index (χ4v) is 0. The van der Waals surface area contributed by atoms with Gasteiger partial charge in [0.25, 0.3) is 0 Å². The zero-order chi connectivity index (χ0) is 0. The van der Waals surface area contributed by atoms with E-state index in [0.717, 1.165) is 0 Å². The maximum absolute atomic E-state index is 0. The van der Waals surface area contributed by atoms with Crippen LogP contribution in [0.1, 0.15) is 0 Å². The maximum Gasteiger partial charge on any atom is 0 e. The van der Waals surface area contributed by atoms with Crippen molar-refractivity contribution in [1.29, 1.82) is 0 Å². The maximum atomic E-state index is 0. The molecule has 0 saturated carbocycles. The Hall–Kier alpha value is 3.43. The molecule has 0 heterocycles. The predicted octanol–water partition coefficient (Wildman–Crippen LogP) is -1.21. The van der Waals surface area contributed by atoms with Crippen molar-refractivity contribution in [2.45, 2.75) is 0 Å². The molecule has 0 saturated heterocycles. The van der Waals surface area contributed by atoms with Crippen LogP contribution in [0.5, 0.6) is 0 Å². The monoisotopic (exact) mass is 285 g/mol. The summed E-state index contributed by atoms with van der Waals surface area (Å²) in [5.74, 6) is 0. The van der Waals surface area contributed by atoms with Crippen LogP contribution in [0.2, 0.25) is 0 Å². The molecule has 4 heavy (non-hydrogen) atoms. The third kappa shape index (κ3) is 9.06. The first-order valence-electron chi connectivity index (χ1n) is 0. The van der Waals surface area contributed by atoms with Gasteiger partial charge in [0.1, 0.15) is 0 Å². The molecular formula is H2OSrYZr. The van der Waals surface area contributed by atoms with Gasteiger partial charge < -0.3 is 5.48 Å². The Morgan fingerprint density at radius 2 is 1.00 bits per heavy atom. The van der Waals surface area contributed by atoms with Gasteiger partial charge in [-0.1, -0.05) is 0 Å². The van der Waals surface area contributed by atoms with Gasteiger partial charge in [-0.15, -0.1) is 0 Å². The molecule has 0 aliphatic rings. The quantitative estimate of drug-likeness (QED) is 0.500. The molecule has 0 unspecified atom stereocenters. The van der Waals surface area contributed by atoms with Crippen LogP contribution in [0.25, 0.3) is 0 Å². The first-order valence-corrected chi connectivity index (χ1v) is 0. The molecule has 3 radical (unpaired) electrons. The number of hydrogen-bond acceptors (Lipinski definition) is 0. The van der Waals surface area contributed by atoms with Crippen molar-refractivity contribution >= 4 is 45.5 Å². The summed E-state index contributed by atoms with van der Waals surface area (Å²) in [7, 11) is 0. The summed E-state index contributed by atoms with van der Waals surface area (Å²) in [5.41, 5.74) is 0. The van der Waals surface area contributed by atoms with Crippen LogP contribution in [0.15, 0.2) is 0 Å². The molecule has 0 aromatic heterocycles. The zero-order valence-corrected chi connectivity index (χ0v) is 11.1. The molecule has 17 valence electrons. The van der Waals surface area contributed by atoms with Crippen LogP contribution in [-0.4, -0.2) is 51.0 Å². The van der Waals surface area contributed by atoms with E-state index in [2.05, 4.69) is 0 Å². The van der Waals surface area contributed by atoms with E-state index in [1.165, 1.54) is 0 Å². The smallest absolute Gasteiger partial charge is 0 e. The minimum atomic E-state index is 0. The number of hydrogen-bond donors (Lipinski definition) is 0. The zero-order valence-electron chi connectivity index (χ0n) is 2.28. The normalized spacial score (nSPS) is 0. The van der Waals surface area contributed by atoms with E-state index in [1.54, 1.807) is 0 Å². The molecule has 0 aromatic carbocycles. The predicted molar refractivity (Wildman–Crippen MR) is 9.37 cm³/mol. The molecule has 0 aliphatic carbocycles. The van der Waals surface area contributed by atoms with Gasteiger partial charge in [-0.25, -0.2) is 0 Å². The Kier molecular flexibility index (Phi) is 105. The first-order chi connectivity index (χ1) is 0. The van der Waals surface area contributed by atoms with Crippen LogP contribution in [0, 0.1) is 0 Å². The van der Waals surface area contributed by atoms with Gasteiger partial charge in [-0.05, 0) is 0 Å². The van der Waals surface area contributed by atoms with Crippen LogP contribution >= 0.6 is 0 Å². The Morgan fingerprint density at radius 3 is 1.00 bits per heavy atom. The minimum absolute atomic E-state index is 0. The Labute approximate surface area is 107 Å². The summed E-state index contributed by atoms with van der Waals surface area (Å²) in [4.78, 5) is 0. The molecule has 0 spiro atoms. The third-order valence-corrected chi connectivity index (χ3v) is 0. The minimum Gasteiger partial charge on any atom is -0.412 e. The summed E-state index contributed by atoms with van der Waals surface area (Å²) < 4.78 is 0. The van der Waals surface area contributed by atoms with E-state index in [-0.39, 0.29) is 110 Å². The third-order valence-electron chi connectivity index (χ3n) is 0. The molecular weight excluding hydrogens is 284 g/mol. The largest absolute Gasteiger partial charge is 0.412 e. The second-order valence-electron chi connectivity index (χ2n) is 0. The van der Waals surface area contributed by atoms with Crippen molar-refractivity contribution in [3.8, 4) is 0 Å². The van der Waals surface area contributed by atoms with Crippen LogP contribution in [0.4, 0.5) is 0 Å². The van der Waals surface area contributed by atoms with Crippen molar-refractivity contribution < 1.29 is 64.4 Å². The molecule has 4 heteroatoms. The van der Waals surface area contributed by atoms with Crippen molar-refractivity contribution in [3.05, 3.63) is 0 Å². The molecule has 2 N–H and O–H groups in total. The first kappa shape index (κ1) is 26.1. The molecule has 0 aromatic rings. The molecule has 0 rings (SSSR count). The van der Waals surface area contributed by atoms with Gasteiger partial charge >= 0.3 is 0 Å². The van der Waals surface area contributed by atoms with Crippen LogP contribution in [0.3, 0.4) is 0 Å². The van der Waals surface area contributed by atoms with Gasteiger partial charge in [0.05, 0.1) is 0 Å². The SMILES string of the molecule is O.[Sr].[Y].[Zr]. The van der Waals surface area contributed by atoms with Gasteiger partial charge in [0.15, 0.2) is 0 Å². The van der Waals surface area contributed by atoms with E-state index >= 15 is 0 Å². The Bertz CT molecular complexity index is 8.00. The van der Waals surface area contributed by atoms with E-state index in [0.29, 0.717) is 0 Å². The molecule has 1 nitrogen and oxygen atoms in total. The van der Waals surface area contributed by atoms with E-state index in [4.69, 9.17) is 0 Å². The molecule has 0 bridgehead atoms. The summed E-state index contributed by atoms with van der Waals surface area (Å²) in [6.45, 7) is 0. The van der Waals surface area contributed by atoms with Crippen LogP contribution < -0.4 is 0 Å². The molecule has 0 atom stereocenters. The second kappa shape index (κ2) is 16.1. The van der Waals surface area contributed by atoms with E-state index in [1.807, 2.05) is 0 Å². The molecule has 0 aliphatic heterocycles. The average Bonchev–Trinajstić information content (AvgIpc) is 0. The topological polar surface area (TPSA) is 31.5 Å². The van der Waals surface area contributed by atoms with E-state index in [9.17, 15) is 0 Å².